The summed E-state index contributed by atoms with van der Waals surface area (Å²) in [5.41, 5.74) is 12.6. The van der Waals surface area contributed by atoms with Crippen LogP contribution in [0, 0.1) is 34.5 Å². The molecule has 1 aromatic heterocycles. The van der Waals surface area contributed by atoms with Crippen molar-refractivity contribution in [1.82, 2.24) is 4.57 Å². The molecule has 0 bridgehead atoms. The van der Waals surface area contributed by atoms with E-state index in [1.807, 2.05) is 0 Å². The molecule has 4 aliphatic rings. The zero-order chi connectivity index (χ0) is 28.9. The normalized spacial score (nSPS) is 22.9. The van der Waals surface area contributed by atoms with Gasteiger partial charge in [-0.3, -0.25) is 0 Å². The standard InChI is InChI=1S/C40H33N3/c41-24-26-10-8-17-33-36(22-26)37-23-27(20-21-34(37)39(33)30-14-5-4-11-28(30)25-42)31-16-9-18-35-32-15-6-7-19-38(32)43(40(31)35)29-12-2-1-3-13-29/h2,4-7,9,12-16,18-21,23,26,28,36H,1,3,8,10-11,17,22H2. The van der Waals surface area contributed by atoms with E-state index in [1.165, 1.54) is 60.9 Å². The fourth-order valence-corrected chi connectivity index (χ4v) is 8.04. The Hall–Kier alpha value is -4.86. The quantitative estimate of drug-likeness (QED) is 0.252. The van der Waals surface area contributed by atoms with E-state index in [0.29, 0.717) is 0 Å². The monoisotopic (exact) mass is 555 g/mol. The number of hydrogen-bond donors (Lipinski definition) is 0. The van der Waals surface area contributed by atoms with E-state index in [9.17, 15) is 10.5 Å². The predicted octanol–water partition coefficient (Wildman–Crippen LogP) is 10.2. The second-order valence-electron chi connectivity index (χ2n) is 12.3. The number of aromatic nitrogens is 1. The van der Waals surface area contributed by atoms with Crippen LogP contribution in [0.3, 0.4) is 0 Å². The zero-order valence-corrected chi connectivity index (χ0v) is 24.3. The highest BCUT2D eigenvalue weighted by molar-refractivity contribution is 6.15. The first-order chi connectivity index (χ1) is 21.3. The van der Waals surface area contributed by atoms with Crippen LogP contribution in [-0.2, 0) is 0 Å². The van der Waals surface area contributed by atoms with Gasteiger partial charge in [0, 0.05) is 33.9 Å². The highest BCUT2D eigenvalue weighted by Crippen LogP contribution is 2.54. The van der Waals surface area contributed by atoms with Gasteiger partial charge in [-0.2, -0.15) is 10.5 Å². The Morgan fingerprint density at radius 3 is 2.63 bits per heavy atom. The van der Waals surface area contributed by atoms with E-state index in [1.54, 1.807) is 0 Å². The lowest BCUT2D eigenvalue weighted by Gasteiger charge is -2.19. The zero-order valence-electron chi connectivity index (χ0n) is 24.3. The van der Waals surface area contributed by atoms with Gasteiger partial charge in [0.05, 0.1) is 29.1 Å². The van der Waals surface area contributed by atoms with E-state index in [2.05, 4.69) is 114 Å². The molecular formula is C40H33N3. The Morgan fingerprint density at radius 1 is 0.860 bits per heavy atom. The third-order valence-corrected chi connectivity index (χ3v) is 9.98. The second kappa shape index (κ2) is 10.4. The van der Waals surface area contributed by atoms with Crippen molar-refractivity contribution in [2.24, 2.45) is 11.8 Å². The SMILES string of the molecule is N#CC1CCCC2=C(C3=CC=CCC3C#N)c3ccc(-c4cccc5c6ccccc6n(C6=CCCC=C6)c45)cc3C2C1. The molecule has 43 heavy (non-hydrogen) atoms. The molecule has 0 spiro atoms. The highest BCUT2D eigenvalue weighted by Gasteiger charge is 2.37. The molecule has 3 atom stereocenters. The summed E-state index contributed by atoms with van der Waals surface area (Å²) < 4.78 is 2.45. The van der Waals surface area contributed by atoms with Crippen LogP contribution in [-0.4, -0.2) is 4.57 Å². The number of nitriles is 2. The van der Waals surface area contributed by atoms with E-state index in [4.69, 9.17) is 0 Å². The maximum atomic E-state index is 10.1. The Kier molecular flexibility index (Phi) is 6.27. The number of fused-ring (bicyclic) bond motifs is 6. The predicted molar refractivity (Wildman–Crippen MR) is 176 cm³/mol. The molecule has 3 heteroatoms. The van der Waals surface area contributed by atoms with Crippen molar-refractivity contribution in [2.45, 2.75) is 50.9 Å². The number of rotatable bonds is 3. The lowest BCUT2D eigenvalue weighted by atomic mass is 9.83. The summed E-state index contributed by atoms with van der Waals surface area (Å²) in [6.07, 6.45) is 20.0. The van der Waals surface area contributed by atoms with Crippen molar-refractivity contribution in [3.05, 3.63) is 119 Å². The first-order valence-electron chi connectivity index (χ1n) is 15.7. The van der Waals surface area contributed by atoms with Crippen LogP contribution in [0.2, 0.25) is 0 Å². The van der Waals surface area contributed by atoms with E-state index >= 15 is 0 Å². The minimum atomic E-state index is -0.130. The molecule has 4 aliphatic carbocycles. The minimum Gasteiger partial charge on any atom is -0.309 e. The molecule has 3 aromatic carbocycles. The van der Waals surface area contributed by atoms with Crippen LogP contribution in [0.25, 0.3) is 44.2 Å². The van der Waals surface area contributed by atoms with Gasteiger partial charge in [-0.05, 0) is 91.0 Å². The van der Waals surface area contributed by atoms with Gasteiger partial charge in [-0.15, -0.1) is 0 Å². The summed E-state index contributed by atoms with van der Waals surface area (Å²) in [5.74, 6) is 0.147. The summed E-state index contributed by atoms with van der Waals surface area (Å²) in [4.78, 5) is 0. The lowest BCUT2D eigenvalue weighted by molar-refractivity contribution is 0.547. The molecule has 1 fully saturated rings. The highest BCUT2D eigenvalue weighted by atomic mass is 15.0. The number of benzene rings is 3. The Balaban J connectivity index is 1.35. The summed E-state index contributed by atoms with van der Waals surface area (Å²) in [5, 5.41) is 22.6. The molecule has 3 nitrogen and oxygen atoms in total. The van der Waals surface area contributed by atoms with Gasteiger partial charge in [-0.25, -0.2) is 0 Å². The summed E-state index contributed by atoms with van der Waals surface area (Å²) in [7, 11) is 0. The van der Waals surface area contributed by atoms with Crippen LogP contribution in [0.4, 0.5) is 0 Å². The van der Waals surface area contributed by atoms with Crippen LogP contribution >= 0.6 is 0 Å². The third-order valence-electron chi connectivity index (χ3n) is 9.98. The van der Waals surface area contributed by atoms with Crippen molar-refractivity contribution in [1.29, 1.82) is 10.5 Å². The molecule has 0 N–H and O–H groups in total. The fraction of sp³-hybridized carbons (Fsp3) is 0.250. The summed E-state index contributed by atoms with van der Waals surface area (Å²) in [6, 6.07) is 27.7. The minimum absolute atomic E-state index is 0.0568. The van der Waals surface area contributed by atoms with Gasteiger partial charge in [-0.1, -0.05) is 84.5 Å². The molecule has 0 amide bonds. The number of hydrogen-bond acceptors (Lipinski definition) is 2. The Morgan fingerprint density at radius 2 is 1.77 bits per heavy atom. The van der Waals surface area contributed by atoms with Crippen LogP contribution < -0.4 is 0 Å². The Labute approximate surface area is 253 Å². The average Bonchev–Trinajstić information content (AvgIpc) is 3.46. The molecule has 1 heterocycles. The molecule has 3 unspecified atom stereocenters. The van der Waals surface area contributed by atoms with Gasteiger partial charge in [0.25, 0.3) is 0 Å². The van der Waals surface area contributed by atoms with Gasteiger partial charge >= 0.3 is 0 Å². The van der Waals surface area contributed by atoms with Crippen molar-refractivity contribution in [3.8, 4) is 23.3 Å². The lowest BCUT2D eigenvalue weighted by Crippen LogP contribution is -2.06. The van der Waals surface area contributed by atoms with Crippen LogP contribution in [0.1, 0.15) is 62.0 Å². The van der Waals surface area contributed by atoms with Crippen LogP contribution in [0.5, 0.6) is 0 Å². The molecule has 8 rings (SSSR count). The third kappa shape index (κ3) is 4.07. The van der Waals surface area contributed by atoms with Gasteiger partial charge < -0.3 is 4.57 Å². The van der Waals surface area contributed by atoms with Crippen molar-refractivity contribution >= 4 is 33.1 Å². The number of para-hydroxylation sites is 2. The fourth-order valence-electron chi connectivity index (χ4n) is 8.04. The summed E-state index contributed by atoms with van der Waals surface area (Å²) in [6.45, 7) is 0. The van der Waals surface area contributed by atoms with Gasteiger partial charge in [0.1, 0.15) is 0 Å². The number of allylic oxidation sites excluding steroid dienone is 10. The van der Waals surface area contributed by atoms with Crippen molar-refractivity contribution in [2.75, 3.05) is 0 Å². The van der Waals surface area contributed by atoms with Crippen molar-refractivity contribution in [3.63, 3.8) is 0 Å². The molecule has 1 saturated carbocycles. The van der Waals surface area contributed by atoms with Gasteiger partial charge in [0.2, 0.25) is 0 Å². The first-order valence-corrected chi connectivity index (χ1v) is 15.7. The topological polar surface area (TPSA) is 52.5 Å². The first kappa shape index (κ1) is 25.8. The number of nitrogens with zero attached hydrogens (tertiary/aromatic N) is 3. The second-order valence-corrected chi connectivity index (χ2v) is 12.3. The van der Waals surface area contributed by atoms with E-state index < -0.39 is 0 Å². The molecule has 0 aliphatic heterocycles. The maximum Gasteiger partial charge on any atom is 0.0753 e. The average molecular weight is 556 g/mol. The molecule has 0 radical (unpaired) electrons. The largest absolute Gasteiger partial charge is 0.309 e. The maximum absolute atomic E-state index is 10.1. The van der Waals surface area contributed by atoms with Crippen LogP contribution in [0.15, 0.2) is 108 Å². The van der Waals surface area contributed by atoms with Gasteiger partial charge in [0.15, 0.2) is 0 Å². The Bertz CT molecular complexity index is 2040. The van der Waals surface area contributed by atoms with E-state index in [-0.39, 0.29) is 17.8 Å². The smallest absolute Gasteiger partial charge is 0.0753 e. The molecule has 4 aromatic rings. The van der Waals surface area contributed by atoms with Crippen molar-refractivity contribution < 1.29 is 0 Å². The molecular weight excluding hydrogens is 522 g/mol. The van der Waals surface area contributed by atoms with E-state index in [0.717, 1.165) is 50.5 Å². The molecule has 0 saturated heterocycles. The summed E-state index contributed by atoms with van der Waals surface area (Å²) >= 11 is 0. The molecule has 208 valence electrons.